The lowest BCUT2D eigenvalue weighted by molar-refractivity contribution is -0.143. The van der Waals surface area contributed by atoms with Crippen molar-refractivity contribution in [1.82, 2.24) is 10.6 Å². The van der Waals surface area contributed by atoms with Crippen molar-refractivity contribution in [2.45, 2.75) is 38.8 Å². The second-order valence-corrected chi connectivity index (χ2v) is 6.39. The molecule has 0 spiro atoms. The second-order valence-electron chi connectivity index (χ2n) is 6.39. The molecule has 0 aromatic heterocycles. The Hall–Kier alpha value is -3.30. The molecule has 0 bridgehead atoms. The number of oxime groups is 1. The van der Waals surface area contributed by atoms with Crippen LogP contribution in [0.5, 0.6) is 0 Å². The van der Waals surface area contributed by atoms with Gasteiger partial charge in [0.05, 0.1) is 13.0 Å². The molecule has 2 rings (SSSR count). The SMILES string of the molecule is CCOC(=O)CC(C)NC(=O)N[C@H]1CCN(c2ccc(/C(N)=N\O)cc2)C1=O. The molecule has 0 aliphatic carbocycles. The van der Waals surface area contributed by atoms with E-state index >= 15 is 0 Å². The molecule has 1 aromatic rings. The molecule has 10 nitrogen and oxygen atoms in total. The topological polar surface area (TPSA) is 146 Å². The van der Waals surface area contributed by atoms with E-state index in [-0.39, 0.29) is 24.8 Å². The van der Waals surface area contributed by atoms with Crippen LogP contribution in [0.25, 0.3) is 0 Å². The lowest BCUT2D eigenvalue weighted by Gasteiger charge is -2.19. The fourth-order valence-corrected chi connectivity index (χ4v) is 2.88. The van der Waals surface area contributed by atoms with E-state index in [0.717, 1.165) is 0 Å². The van der Waals surface area contributed by atoms with Crippen molar-refractivity contribution < 1.29 is 24.3 Å². The third-order valence-electron chi connectivity index (χ3n) is 4.25. The predicted octanol–water partition coefficient (Wildman–Crippen LogP) is 0.527. The van der Waals surface area contributed by atoms with Crippen molar-refractivity contribution in [2.24, 2.45) is 10.9 Å². The highest BCUT2D eigenvalue weighted by atomic mass is 16.5. The zero-order valence-electron chi connectivity index (χ0n) is 15.8. The van der Waals surface area contributed by atoms with Gasteiger partial charge in [-0.2, -0.15) is 0 Å². The van der Waals surface area contributed by atoms with Crippen LogP contribution in [0.4, 0.5) is 10.5 Å². The third-order valence-corrected chi connectivity index (χ3v) is 4.25. The molecule has 0 radical (unpaired) electrons. The van der Waals surface area contributed by atoms with Crippen molar-refractivity contribution >= 4 is 29.4 Å². The summed E-state index contributed by atoms with van der Waals surface area (Å²) in [5.74, 6) is -0.647. The first-order valence-corrected chi connectivity index (χ1v) is 8.97. The maximum Gasteiger partial charge on any atom is 0.315 e. The molecule has 10 heteroatoms. The van der Waals surface area contributed by atoms with Gasteiger partial charge >= 0.3 is 12.0 Å². The number of nitrogens with zero attached hydrogens (tertiary/aromatic N) is 2. The van der Waals surface area contributed by atoms with Gasteiger partial charge in [0.1, 0.15) is 6.04 Å². The number of ether oxygens (including phenoxy) is 1. The number of benzene rings is 1. The van der Waals surface area contributed by atoms with E-state index in [0.29, 0.717) is 24.2 Å². The highest BCUT2D eigenvalue weighted by molar-refractivity contribution is 6.02. The maximum absolute atomic E-state index is 12.6. The smallest absolute Gasteiger partial charge is 0.315 e. The average Bonchev–Trinajstić information content (AvgIpc) is 3.01. The Balaban J connectivity index is 1.89. The molecule has 5 N–H and O–H groups in total. The van der Waals surface area contributed by atoms with Crippen LogP contribution >= 0.6 is 0 Å². The molecule has 2 atom stereocenters. The molecule has 1 aliphatic rings. The predicted molar refractivity (Wildman–Crippen MR) is 102 cm³/mol. The number of carbonyl (C=O) groups excluding carboxylic acids is 3. The van der Waals surface area contributed by atoms with Crippen LogP contribution in [0, 0.1) is 0 Å². The number of carbonyl (C=O) groups is 3. The standard InChI is InChI=1S/C18H25N5O5/c1-3-28-15(24)10-11(2)20-18(26)21-14-8-9-23(17(14)25)13-6-4-12(5-7-13)16(19)22-27/h4-7,11,14,27H,3,8-10H2,1-2H3,(H2,19,22)(H2,20,21,26)/t11?,14-/m0/s1. The number of hydrogen-bond acceptors (Lipinski definition) is 6. The molecule has 1 saturated heterocycles. The summed E-state index contributed by atoms with van der Waals surface area (Å²) in [6.45, 7) is 4.13. The summed E-state index contributed by atoms with van der Waals surface area (Å²) in [5.41, 5.74) is 6.71. The van der Waals surface area contributed by atoms with Gasteiger partial charge in [-0.25, -0.2) is 4.79 Å². The molecular formula is C18H25N5O5. The number of urea groups is 1. The molecule has 1 heterocycles. The number of nitrogens with one attached hydrogen (secondary N) is 2. The van der Waals surface area contributed by atoms with E-state index in [9.17, 15) is 14.4 Å². The Morgan fingerprint density at radius 1 is 1.39 bits per heavy atom. The van der Waals surface area contributed by atoms with Gasteiger partial charge in [0, 0.05) is 23.8 Å². The van der Waals surface area contributed by atoms with Crippen LogP contribution in [-0.4, -0.2) is 54.2 Å². The van der Waals surface area contributed by atoms with E-state index in [1.165, 1.54) is 0 Å². The third kappa shape index (κ3) is 5.35. The minimum atomic E-state index is -0.654. The quantitative estimate of drug-likeness (QED) is 0.175. The molecule has 1 aromatic carbocycles. The van der Waals surface area contributed by atoms with Crippen molar-refractivity contribution in [3.8, 4) is 0 Å². The first-order chi connectivity index (χ1) is 13.3. The van der Waals surface area contributed by atoms with Crippen LogP contribution in [0.1, 0.15) is 32.3 Å². The zero-order chi connectivity index (χ0) is 20.7. The Morgan fingerprint density at radius 2 is 2.07 bits per heavy atom. The van der Waals surface area contributed by atoms with Gasteiger partial charge in [0.25, 0.3) is 0 Å². The van der Waals surface area contributed by atoms with E-state index in [2.05, 4.69) is 15.8 Å². The number of amides is 3. The zero-order valence-corrected chi connectivity index (χ0v) is 15.8. The Kier molecular flexibility index (Phi) is 7.19. The first kappa shape index (κ1) is 21.0. The van der Waals surface area contributed by atoms with E-state index in [4.69, 9.17) is 15.7 Å². The maximum atomic E-state index is 12.6. The average molecular weight is 391 g/mol. The largest absolute Gasteiger partial charge is 0.466 e. The Labute approximate surface area is 162 Å². The van der Waals surface area contributed by atoms with Crippen molar-refractivity contribution in [3.05, 3.63) is 29.8 Å². The van der Waals surface area contributed by atoms with Gasteiger partial charge in [-0.3, -0.25) is 9.59 Å². The van der Waals surface area contributed by atoms with Crippen molar-refractivity contribution in [3.63, 3.8) is 0 Å². The van der Waals surface area contributed by atoms with Gasteiger partial charge < -0.3 is 31.2 Å². The molecule has 1 fully saturated rings. The summed E-state index contributed by atoms with van der Waals surface area (Å²) in [4.78, 5) is 37.7. The monoisotopic (exact) mass is 391 g/mol. The molecule has 152 valence electrons. The fraction of sp³-hybridized carbons (Fsp3) is 0.444. The number of amidine groups is 1. The molecule has 0 saturated carbocycles. The number of rotatable bonds is 7. The number of esters is 1. The summed E-state index contributed by atoms with van der Waals surface area (Å²) in [7, 11) is 0. The van der Waals surface area contributed by atoms with E-state index in [1.54, 1.807) is 43.0 Å². The summed E-state index contributed by atoms with van der Waals surface area (Å²) in [6, 6.07) is 5.07. The number of nitrogens with two attached hydrogens (primary N) is 1. The van der Waals surface area contributed by atoms with Gasteiger partial charge in [0.15, 0.2) is 5.84 Å². The van der Waals surface area contributed by atoms with Crippen molar-refractivity contribution in [2.75, 3.05) is 18.1 Å². The van der Waals surface area contributed by atoms with Crippen LogP contribution in [0.2, 0.25) is 0 Å². The summed E-state index contributed by atoms with van der Waals surface area (Å²) in [5, 5.41) is 16.9. The van der Waals surface area contributed by atoms with E-state index < -0.39 is 24.1 Å². The van der Waals surface area contributed by atoms with Gasteiger partial charge in [-0.05, 0) is 44.5 Å². The second kappa shape index (κ2) is 9.58. The number of hydrogen-bond donors (Lipinski definition) is 4. The normalized spacial score (nSPS) is 17.9. The summed E-state index contributed by atoms with van der Waals surface area (Å²) in [6.07, 6.45) is 0.513. The minimum Gasteiger partial charge on any atom is -0.466 e. The van der Waals surface area contributed by atoms with Gasteiger partial charge in [-0.15, -0.1) is 0 Å². The van der Waals surface area contributed by atoms with E-state index in [1.807, 2.05) is 0 Å². The summed E-state index contributed by atoms with van der Waals surface area (Å²) >= 11 is 0. The van der Waals surface area contributed by atoms with Gasteiger partial charge in [-0.1, -0.05) is 5.16 Å². The molecular weight excluding hydrogens is 366 g/mol. The lowest BCUT2D eigenvalue weighted by Crippen LogP contribution is -2.48. The van der Waals surface area contributed by atoms with Crippen molar-refractivity contribution in [1.29, 1.82) is 0 Å². The molecule has 28 heavy (non-hydrogen) atoms. The lowest BCUT2D eigenvalue weighted by atomic mass is 10.2. The molecule has 1 unspecified atom stereocenters. The van der Waals surface area contributed by atoms with Crippen LogP contribution in [-0.2, 0) is 14.3 Å². The summed E-state index contributed by atoms with van der Waals surface area (Å²) < 4.78 is 4.84. The molecule has 1 aliphatic heterocycles. The first-order valence-electron chi connectivity index (χ1n) is 8.97. The van der Waals surface area contributed by atoms with Crippen LogP contribution < -0.4 is 21.3 Å². The number of anilines is 1. The Morgan fingerprint density at radius 3 is 2.68 bits per heavy atom. The van der Waals surface area contributed by atoms with Crippen LogP contribution in [0.15, 0.2) is 29.4 Å². The highest BCUT2D eigenvalue weighted by Gasteiger charge is 2.33. The highest BCUT2D eigenvalue weighted by Crippen LogP contribution is 2.22. The fourth-order valence-electron chi connectivity index (χ4n) is 2.88. The Bertz CT molecular complexity index is 749. The van der Waals surface area contributed by atoms with Gasteiger partial charge in [0.2, 0.25) is 5.91 Å². The van der Waals surface area contributed by atoms with Crippen LogP contribution in [0.3, 0.4) is 0 Å². The minimum absolute atomic E-state index is 0.0209. The molecule has 3 amide bonds.